The van der Waals surface area contributed by atoms with Crippen LogP contribution in [0.3, 0.4) is 0 Å². The first-order valence-electron chi connectivity index (χ1n) is 11.3. The van der Waals surface area contributed by atoms with Gasteiger partial charge in [0.1, 0.15) is 0 Å². The Morgan fingerprint density at radius 1 is 0.818 bits per heavy atom. The normalized spacial score (nSPS) is 15.9. The van der Waals surface area contributed by atoms with E-state index in [0.717, 1.165) is 37.4 Å². The standard InChI is InChI=1S/C26H32N4O2S/c1-28(2)23-15-13-22(14-16-23)26(21-27-33(31,32)25-11-7-4-8-12-25)30-19-17-29(18-20-30)24-9-5-3-6-10-24/h3-16,26-27H,17-21H2,1-2H3. The summed E-state index contributed by atoms with van der Waals surface area (Å²) in [4.78, 5) is 7.13. The van der Waals surface area contributed by atoms with E-state index in [2.05, 4.69) is 68.0 Å². The van der Waals surface area contributed by atoms with Crippen molar-refractivity contribution < 1.29 is 8.42 Å². The molecule has 0 radical (unpaired) electrons. The molecule has 33 heavy (non-hydrogen) atoms. The van der Waals surface area contributed by atoms with Gasteiger partial charge in [-0.15, -0.1) is 0 Å². The number of benzene rings is 3. The van der Waals surface area contributed by atoms with Gasteiger partial charge in [-0.25, -0.2) is 13.1 Å². The first-order valence-corrected chi connectivity index (χ1v) is 12.8. The molecule has 6 nitrogen and oxygen atoms in total. The van der Waals surface area contributed by atoms with Crippen molar-refractivity contribution in [3.63, 3.8) is 0 Å². The van der Waals surface area contributed by atoms with Crippen molar-refractivity contribution in [1.29, 1.82) is 0 Å². The number of anilines is 2. The summed E-state index contributed by atoms with van der Waals surface area (Å²) in [5.41, 5.74) is 3.47. The van der Waals surface area contributed by atoms with Gasteiger partial charge in [0.25, 0.3) is 0 Å². The molecule has 174 valence electrons. The minimum atomic E-state index is -3.57. The fourth-order valence-corrected chi connectivity index (χ4v) is 5.31. The zero-order valence-electron chi connectivity index (χ0n) is 19.3. The van der Waals surface area contributed by atoms with Gasteiger partial charge in [0, 0.05) is 64.2 Å². The smallest absolute Gasteiger partial charge is 0.240 e. The van der Waals surface area contributed by atoms with Gasteiger partial charge in [-0.1, -0.05) is 48.5 Å². The van der Waals surface area contributed by atoms with E-state index < -0.39 is 10.0 Å². The fraction of sp³-hybridized carbons (Fsp3) is 0.308. The highest BCUT2D eigenvalue weighted by Crippen LogP contribution is 2.26. The number of nitrogens with zero attached hydrogens (tertiary/aromatic N) is 3. The molecule has 0 bridgehead atoms. The highest BCUT2D eigenvalue weighted by Gasteiger charge is 2.27. The Morgan fingerprint density at radius 3 is 1.97 bits per heavy atom. The molecule has 4 rings (SSSR count). The Morgan fingerprint density at radius 2 is 1.39 bits per heavy atom. The number of hydrogen-bond donors (Lipinski definition) is 1. The van der Waals surface area contributed by atoms with Crippen LogP contribution in [0.15, 0.2) is 89.8 Å². The van der Waals surface area contributed by atoms with Crippen LogP contribution < -0.4 is 14.5 Å². The second-order valence-electron chi connectivity index (χ2n) is 8.53. The first-order chi connectivity index (χ1) is 15.9. The minimum Gasteiger partial charge on any atom is -0.378 e. The number of para-hydroxylation sites is 1. The highest BCUT2D eigenvalue weighted by molar-refractivity contribution is 7.89. The molecule has 0 aliphatic carbocycles. The van der Waals surface area contributed by atoms with Crippen LogP contribution in [0.1, 0.15) is 11.6 Å². The molecule has 1 N–H and O–H groups in total. The molecular weight excluding hydrogens is 432 g/mol. The largest absolute Gasteiger partial charge is 0.378 e. The lowest BCUT2D eigenvalue weighted by Gasteiger charge is -2.40. The van der Waals surface area contributed by atoms with E-state index in [4.69, 9.17) is 0 Å². The molecule has 7 heteroatoms. The van der Waals surface area contributed by atoms with Crippen molar-refractivity contribution in [1.82, 2.24) is 9.62 Å². The van der Waals surface area contributed by atoms with Crippen molar-refractivity contribution in [3.05, 3.63) is 90.5 Å². The molecule has 0 amide bonds. The summed E-state index contributed by atoms with van der Waals surface area (Å²) in [6.07, 6.45) is 0. The molecule has 1 atom stereocenters. The van der Waals surface area contributed by atoms with Gasteiger partial charge in [-0.3, -0.25) is 4.90 Å². The number of hydrogen-bond acceptors (Lipinski definition) is 5. The Bertz CT molecular complexity index is 1110. The van der Waals surface area contributed by atoms with E-state index in [-0.39, 0.29) is 6.04 Å². The Hall–Kier alpha value is -2.87. The lowest BCUT2D eigenvalue weighted by atomic mass is 10.0. The van der Waals surface area contributed by atoms with Gasteiger partial charge in [-0.05, 0) is 42.0 Å². The SMILES string of the molecule is CN(C)c1ccc(C(CNS(=O)(=O)c2ccccc2)N2CCN(c3ccccc3)CC2)cc1. The summed E-state index contributed by atoms with van der Waals surface area (Å²) in [6.45, 7) is 3.86. The average molecular weight is 465 g/mol. The summed E-state index contributed by atoms with van der Waals surface area (Å²) in [5.74, 6) is 0. The lowest BCUT2D eigenvalue weighted by molar-refractivity contribution is 0.187. The van der Waals surface area contributed by atoms with Crippen molar-refractivity contribution in [2.75, 3.05) is 56.6 Å². The molecule has 1 heterocycles. The quantitative estimate of drug-likeness (QED) is 0.552. The van der Waals surface area contributed by atoms with Gasteiger partial charge in [0.15, 0.2) is 0 Å². The van der Waals surface area contributed by atoms with Crippen molar-refractivity contribution in [3.8, 4) is 0 Å². The Kier molecular flexibility index (Phi) is 7.33. The van der Waals surface area contributed by atoms with E-state index in [1.54, 1.807) is 24.3 Å². The van der Waals surface area contributed by atoms with Crippen LogP contribution in [0.25, 0.3) is 0 Å². The Balaban J connectivity index is 1.52. The molecule has 1 saturated heterocycles. The van der Waals surface area contributed by atoms with E-state index >= 15 is 0 Å². The molecule has 1 fully saturated rings. The maximum absolute atomic E-state index is 12.9. The lowest BCUT2D eigenvalue weighted by Crippen LogP contribution is -2.49. The molecule has 0 spiro atoms. The van der Waals surface area contributed by atoms with Crippen LogP contribution in [0.2, 0.25) is 0 Å². The minimum absolute atomic E-state index is 0.0439. The van der Waals surface area contributed by atoms with Gasteiger partial charge < -0.3 is 9.80 Å². The number of rotatable bonds is 8. The summed E-state index contributed by atoms with van der Waals surface area (Å²) in [7, 11) is 0.462. The van der Waals surface area contributed by atoms with E-state index in [9.17, 15) is 8.42 Å². The highest BCUT2D eigenvalue weighted by atomic mass is 32.2. The third-order valence-electron chi connectivity index (χ3n) is 6.19. The van der Waals surface area contributed by atoms with Gasteiger partial charge in [0.05, 0.1) is 4.90 Å². The van der Waals surface area contributed by atoms with Crippen molar-refractivity contribution in [2.24, 2.45) is 0 Å². The Labute approximate surface area is 197 Å². The predicted octanol–water partition coefficient (Wildman–Crippen LogP) is 3.59. The average Bonchev–Trinajstić information content (AvgIpc) is 2.86. The zero-order chi connectivity index (χ0) is 23.3. The summed E-state index contributed by atoms with van der Waals surface area (Å²) >= 11 is 0. The molecule has 3 aromatic rings. The summed E-state index contributed by atoms with van der Waals surface area (Å²) < 4.78 is 28.6. The monoisotopic (exact) mass is 464 g/mol. The topological polar surface area (TPSA) is 55.9 Å². The van der Waals surface area contributed by atoms with Crippen molar-refractivity contribution >= 4 is 21.4 Å². The van der Waals surface area contributed by atoms with Crippen molar-refractivity contribution in [2.45, 2.75) is 10.9 Å². The third-order valence-corrected chi connectivity index (χ3v) is 7.63. The maximum atomic E-state index is 12.9. The molecule has 0 saturated carbocycles. The molecule has 1 aliphatic rings. The number of piperazine rings is 1. The first kappa shape index (κ1) is 23.3. The summed E-state index contributed by atoms with van der Waals surface area (Å²) in [5, 5.41) is 0. The second kappa shape index (κ2) is 10.4. The molecule has 0 aromatic heterocycles. The molecule has 1 unspecified atom stereocenters. The molecule has 1 aliphatic heterocycles. The fourth-order valence-electron chi connectivity index (χ4n) is 4.25. The van der Waals surface area contributed by atoms with Crippen LogP contribution in [-0.4, -0.2) is 60.1 Å². The van der Waals surface area contributed by atoms with Crippen LogP contribution in [0.5, 0.6) is 0 Å². The van der Waals surface area contributed by atoms with Crippen LogP contribution >= 0.6 is 0 Å². The van der Waals surface area contributed by atoms with E-state index in [1.165, 1.54) is 5.69 Å². The molecular formula is C26H32N4O2S. The zero-order valence-corrected chi connectivity index (χ0v) is 20.1. The van der Waals surface area contributed by atoms with Gasteiger partial charge in [0.2, 0.25) is 10.0 Å². The van der Waals surface area contributed by atoms with E-state index in [0.29, 0.717) is 11.4 Å². The predicted molar refractivity (Wildman–Crippen MR) is 135 cm³/mol. The van der Waals surface area contributed by atoms with Gasteiger partial charge in [-0.2, -0.15) is 0 Å². The third kappa shape index (κ3) is 5.74. The van der Waals surface area contributed by atoms with Gasteiger partial charge >= 0.3 is 0 Å². The van der Waals surface area contributed by atoms with E-state index in [1.807, 2.05) is 26.2 Å². The van der Waals surface area contributed by atoms with Crippen LogP contribution in [0.4, 0.5) is 11.4 Å². The second-order valence-corrected chi connectivity index (χ2v) is 10.3. The number of nitrogens with one attached hydrogen (secondary N) is 1. The summed E-state index contributed by atoms with van der Waals surface area (Å²) in [6, 6.07) is 27.4. The maximum Gasteiger partial charge on any atom is 0.240 e. The molecule has 3 aromatic carbocycles. The number of sulfonamides is 1. The van der Waals surface area contributed by atoms with Crippen LogP contribution in [-0.2, 0) is 10.0 Å². The van der Waals surface area contributed by atoms with Crippen LogP contribution in [0, 0.1) is 0 Å².